The van der Waals surface area contributed by atoms with Crippen molar-refractivity contribution in [2.45, 2.75) is 38.9 Å². The number of hydrogen-bond donors (Lipinski definition) is 2. The number of hydrogen-bond acceptors (Lipinski definition) is 5. The summed E-state index contributed by atoms with van der Waals surface area (Å²) in [7, 11) is -0.402. The van der Waals surface area contributed by atoms with E-state index in [1.807, 2.05) is 33.8 Å². The first kappa shape index (κ1) is 12.4. The molecule has 3 N–H and O–H groups in total. The molecule has 0 bridgehead atoms. The van der Waals surface area contributed by atoms with Gasteiger partial charge in [-0.25, -0.2) is 0 Å². The highest BCUT2D eigenvalue weighted by Crippen LogP contribution is 2.36. The molecule has 92 valence electrons. The van der Waals surface area contributed by atoms with Crippen molar-refractivity contribution < 1.29 is 9.31 Å². The van der Waals surface area contributed by atoms with E-state index in [2.05, 4.69) is 10.4 Å². The highest BCUT2D eigenvalue weighted by Gasteiger charge is 2.51. The molecule has 0 aliphatic carbocycles. The Labute approximate surface area is 102 Å². The van der Waals surface area contributed by atoms with Gasteiger partial charge in [-0.3, -0.25) is 10.8 Å². The Hall–Kier alpha value is -1.11. The molecule has 0 aromatic carbocycles. The first-order valence-corrected chi connectivity index (χ1v) is 5.63. The van der Waals surface area contributed by atoms with Crippen LogP contribution in [0.1, 0.15) is 27.7 Å². The molecule has 17 heavy (non-hydrogen) atoms. The van der Waals surface area contributed by atoms with E-state index in [1.165, 1.54) is 0 Å². The van der Waals surface area contributed by atoms with Crippen LogP contribution < -0.4 is 16.7 Å². The Morgan fingerprint density at radius 3 is 2.29 bits per heavy atom. The lowest BCUT2D eigenvalue weighted by Gasteiger charge is -2.32. The lowest BCUT2D eigenvalue weighted by molar-refractivity contribution is 0.00578. The van der Waals surface area contributed by atoms with E-state index in [9.17, 15) is 0 Å². The maximum Gasteiger partial charge on any atom is 0.496 e. The van der Waals surface area contributed by atoms with Gasteiger partial charge in [-0.2, -0.15) is 0 Å². The summed E-state index contributed by atoms with van der Waals surface area (Å²) in [6, 6.07) is 1.87. The molecule has 5 nitrogen and oxygen atoms in total. The number of rotatable bonds is 2. The summed E-state index contributed by atoms with van der Waals surface area (Å²) in [5, 5.41) is 0. The number of aromatic nitrogens is 1. The molecule has 1 aliphatic rings. The molecule has 1 aromatic rings. The molecule has 2 rings (SSSR count). The highest BCUT2D eigenvalue weighted by atomic mass is 16.7. The maximum atomic E-state index is 5.92. The molecule has 0 saturated carbocycles. The number of pyridine rings is 1. The minimum Gasteiger partial charge on any atom is -0.399 e. The van der Waals surface area contributed by atoms with Crippen LogP contribution in [0, 0.1) is 0 Å². The molecule has 0 atom stereocenters. The van der Waals surface area contributed by atoms with E-state index in [1.54, 1.807) is 12.4 Å². The van der Waals surface area contributed by atoms with Crippen molar-refractivity contribution in [1.82, 2.24) is 4.98 Å². The van der Waals surface area contributed by atoms with Gasteiger partial charge < -0.3 is 14.7 Å². The third kappa shape index (κ3) is 2.16. The fraction of sp³-hybridized carbons (Fsp3) is 0.545. The van der Waals surface area contributed by atoms with Crippen LogP contribution in [0.5, 0.6) is 0 Å². The van der Waals surface area contributed by atoms with E-state index < -0.39 is 7.12 Å². The number of nitrogens with zero attached hydrogens (tertiary/aromatic N) is 1. The van der Waals surface area contributed by atoms with Gasteiger partial charge in [0.25, 0.3) is 0 Å². The van der Waals surface area contributed by atoms with Crippen LogP contribution in [0.25, 0.3) is 0 Å². The second-order valence-corrected chi connectivity index (χ2v) is 5.24. The third-order valence-electron chi connectivity index (χ3n) is 3.45. The first-order chi connectivity index (χ1) is 7.86. The van der Waals surface area contributed by atoms with E-state index in [0.717, 1.165) is 11.2 Å². The van der Waals surface area contributed by atoms with E-state index >= 15 is 0 Å². The molecule has 0 unspecified atom stereocenters. The molecule has 6 heteroatoms. The summed E-state index contributed by atoms with van der Waals surface area (Å²) in [4.78, 5) is 4.09. The van der Waals surface area contributed by atoms with E-state index in [-0.39, 0.29) is 11.2 Å². The van der Waals surface area contributed by atoms with Crippen LogP contribution >= 0.6 is 0 Å². The van der Waals surface area contributed by atoms with Gasteiger partial charge in [-0.1, -0.05) is 0 Å². The number of hydrazine groups is 1. The maximum absolute atomic E-state index is 5.92. The Bertz CT molecular complexity index is 407. The summed E-state index contributed by atoms with van der Waals surface area (Å²) in [6.07, 6.45) is 3.37. The fourth-order valence-corrected chi connectivity index (χ4v) is 1.64. The summed E-state index contributed by atoms with van der Waals surface area (Å²) < 4.78 is 11.8. The van der Waals surface area contributed by atoms with Gasteiger partial charge in [-0.05, 0) is 33.8 Å². The normalized spacial score (nSPS) is 21.6. The van der Waals surface area contributed by atoms with Crippen molar-refractivity contribution in [2.75, 3.05) is 5.43 Å². The van der Waals surface area contributed by atoms with Gasteiger partial charge in [0.15, 0.2) is 0 Å². The Balaban J connectivity index is 2.25. The largest absolute Gasteiger partial charge is 0.496 e. The van der Waals surface area contributed by atoms with Crippen molar-refractivity contribution in [3.63, 3.8) is 0 Å². The molecule has 0 spiro atoms. The SMILES string of the molecule is CC1(C)OB(c2cncc(NN)c2)OC1(C)C. The van der Waals surface area contributed by atoms with Gasteiger partial charge in [0, 0.05) is 11.7 Å². The molecule has 1 saturated heterocycles. The van der Waals surface area contributed by atoms with Crippen LogP contribution in [0.3, 0.4) is 0 Å². The number of nitrogens with one attached hydrogen (secondary N) is 1. The Kier molecular flexibility index (Phi) is 2.89. The molecule has 0 radical (unpaired) electrons. The van der Waals surface area contributed by atoms with Crippen LogP contribution in [0.2, 0.25) is 0 Å². The number of anilines is 1. The topological polar surface area (TPSA) is 69.4 Å². The van der Waals surface area contributed by atoms with Crippen LogP contribution in [0.15, 0.2) is 18.5 Å². The zero-order chi connectivity index (χ0) is 12.7. The Morgan fingerprint density at radius 1 is 1.18 bits per heavy atom. The zero-order valence-corrected chi connectivity index (χ0v) is 10.7. The predicted molar refractivity (Wildman–Crippen MR) is 67.8 cm³/mol. The summed E-state index contributed by atoms with van der Waals surface area (Å²) in [5.74, 6) is 5.35. The standard InChI is InChI=1S/C11H18BN3O2/c1-10(2)11(3,4)17-12(16-10)8-5-9(15-13)7-14-6-8/h5-7,15H,13H2,1-4H3. The van der Waals surface area contributed by atoms with Crippen LogP contribution in [0.4, 0.5) is 5.69 Å². The molecule has 1 fully saturated rings. The minimum absolute atomic E-state index is 0.343. The van der Waals surface area contributed by atoms with Gasteiger partial charge >= 0.3 is 7.12 Å². The van der Waals surface area contributed by atoms with Crippen molar-refractivity contribution >= 4 is 18.3 Å². The molecular weight excluding hydrogens is 217 g/mol. The number of nitrogen functional groups attached to an aromatic ring is 1. The van der Waals surface area contributed by atoms with Gasteiger partial charge in [0.1, 0.15) is 0 Å². The second-order valence-electron chi connectivity index (χ2n) is 5.24. The summed E-state index contributed by atoms with van der Waals surface area (Å²) in [5.41, 5.74) is 3.47. The summed E-state index contributed by atoms with van der Waals surface area (Å²) >= 11 is 0. The van der Waals surface area contributed by atoms with Crippen molar-refractivity contribution in [3.05, 3.63) is 18.5 Å². The highest BCUT2D eigenvalue weighted by molar-refractivity contribution is 6.62. The van der Waals surface area contributed by atoms with Crippen molar-refractivity contribution in [1.29, 1.82) is 0 Å². The first-order valence-electron chi connectivity index (χ1n) is 5.63. The summed E-state index contributed by atoms with van der Waals surface area (Å²) in [6.45, 7) is 8.08. The lowest BCUT2D eigenvalue weighted by Crippen LogP contribution is -2.41. The quantitative estimate of drug-likeness (QED) is 0.448. The average Bonchev–Trinajstić information content (AvgIpc) is 2.48. The fourth-order valence-electron chi connectivity index (χ4n) is 1.64. The van der Waals surface area contributed by atoms with Gasteiger partial charge in [-0.15, -0.1) is 0 Å². The van der Waals surface area contributed by atoms with E-state index in [0.29, 0.717) is 0 Å². The van der Waals surface area contributed by atoms with Crippen molar-refractivity contribution in [3.8, 4) is 0 Å². The molecular formula is C11H18BN3O2. The Morgan fingerprint density at radius 2 is 1.76 bits per heavy atom. The van der Waals surface area contributed by atoms with Crippen molar-refractivity contribution in [2.24, 2.45) is 5.84 Å². The molecule has 2 heterocycles. The third-order valence-corrected chi connectivity index (χ3v) is 3.45. The predicted octanol–water partition coefficient (Wildman–Crippen LogP) is 0.666. The molecule has 1 aromatic heterocycles. The zero-order valence-electron chi connectivity index (χ0n) is 10.7. The monoisotopic (exact) mass is 235 g/mol. The molecule has 1 aliphatic heterocycles. The smallest absolute Gasteiger partial charge is 0.399 e. The molecule has 0 amide bonds. The lowest BCUT2D eigenvalue weighted by atomic mass is 9.80. The van der Waals surface area contributed by atoms with E-state index in [4.69, 9.17) is 15.2 Å². The van der Waals surface area contributed by atoms with Crippen LogP contribution in [-0.4, -0.2) is 23.3 Å². The average molecular weight is 235 g/mol. The number of nitrogens with two attached hydrogens (primary N) is 1. The van der Waals surface area contributed by atoms with Crippen LogP contribution in [-0.2, 0) is 9.31 Å². The van der Waals surface area contributed by atoms with Gasteiger partial charge in [0.2, 0.25) is 0 Å². The van der Waals surface area contributed by atoms with Gasteiger partial charge in [0.05, 0.1) is 23.1 Å². The minimum atomic E-state index is -0.402. The second kappa shape index (κ2) is 3.98.